The van der Waals surface area contributed by atoms with Crippen LogP contribution in [0.5, 0.6) is 5.75 Å². The highest BCUT2D eigenvalue weighted by Gasteiger charge is 2.42. The number of nitrogens with zero attached hydrogens (tertiary/aromatic N) is 1. The fourth-order valence-corrected chi connectivity index (χ4v) is 2.53. The van der Waals surface area contributed by atoms with Gasteiger partial charge in [0.05, 0.1) is 30.2 Å². The lowest BCUT2D eigenvalue weighted by Gasteiger charge is -2.43. The van der Waals surface area contributed by atoms with E-state index in [1.54, 1.807) is 19.2 Å². The van der Waals surface area contributed by atoms with Gasteiger partial charge >= 0.3 is 0 Å². The molecule has 1 aliphatic carbocycles. The van der Waals surface area contributed by atoms with E-state index in [0.29, 0.717) is 18.0 Å². The average Bonchev–Trinajstić information content (AvgIpc) is 2.46. The summed E-state index contributed by atoms with van der Waals surface area (Å²) in [6.07, 6.45) is 0.691. The molecule has 0 amide bonds. The number of anilines is 1. The molecule has 1 saturated carbocycles. The molecule has 0 aromatic heterocycles. The first-order valence-electron chi connectivity index (χ1n) is 6.84. The first kappa shape index (κ1) is 15.5. The Labute approximate surface area is 123 Å². The Hall–Kier alpha value is -1.86. The Balaban J connectivity index is 2.11. The van der Waals surface area contributed by atoms with E-state index in [0.717, 1.165) is 6.42 Å². The molecule has 3 unspecified atom stereocenters. The molecule has 0 heterocycles. The summed E-state index contributed by atoms with van der Waals surface area (Å²) in [6, 6.07) is 4.75. The standard InChI is InChI=1S/C14H20N2O5/c1-4-21-13-8-11(14(13)20-3)15-10-6-5-9(19-2)7-12(10)16(17)18/h5-7,11,13-15H,4,8H2,1-3H3. The van der Waals surface area contributed by atoms with Gasteiger partial charge in [0.2, 0.25) is 0 Å². The molecule has 1 N–H and O–H groups in total. The second kappa shape index (κ2) is 6.73. The summed E-state index contributed by atoms with van der Waals surface area (Å²) in [5.41, 5.74) is 0.451. The van der Waals surface area contributed by atoms with E-state index in [2.05, 4.69) is 5.32 Å². The maximum Gasteiger partial charge on any atom is 0.296 e. The van der Waals surface area contributed by atoms with Crippen molar-refractivity contribution in [3.8, 4) is 5.75 Å². The Bertz CT molecular complexity index is 508. The van der Waals surface area contributed by atoms with Crippen LogP contribution in [0.1, 0.15) is 13.3 Å². The minimum atomic E-state index is -0.425. The maximum absolute atomic E-state index is 11.1. The highest BCUT2D eigenvalue weighted by atomic mass is 16.6. The van der Waals surface area contributed by atoms with E-state index >= 15 is 0 Å². The van der Waals surface area contributed by atoms with Crippen LogP contribution in [0.15, 0.2) is 18.2 Å². The number of nitrogens with one attached hydrogen (secondary N) is 1. The van der Waals surface area contributed by atoms with Crippen molar-refractivity contribution in [2.45, 2.75) is 31.6 Å². The van der Waals surface area contributed by atoms with Crippen LogP contribution in [0.3, 0.4) is 0 Å². The van der Waals surface area contributed by atoms with Crippen LogP contribution in [0, 0.1) is 10.1 Å². The lowest BCUT2D eigenvalue weighted by molar-refractivity contribution is -0.384. The van der Waals surface area contributed by atoms with Crippen LogP contribution in [-0.4, -0.2) is 44.0 Å². The largest absolute Gasteiger partial charge is 0.496 e. The van der Waals surface area contributed by atoms with Crippen molar-refractivity contribution in [3.05, 3.63) is 28.3 Å². The molecular formula is C14H20N2O5. The Morgan fingerprint density at radius 3 is 2.76 bits per heavy atom. The SMILES string of the molecule is CCOC1CC(Nc2ccc(OC)cc2[N+](=O)[O-])C1OC. The molecule has 0 radical (unpaired) electrons. The number of benzene rings is 1. The Morgan fingerprint density at radius 1 is 1.43 bits per heavy atom. The number of methoxy groups -OCH3 is 2. The first-order valence-corrected chi connectivity index (χ1v) is 6.84. The predicted molar refractivity (Wildman–Crippen MR) is 77.9 cm³/mol. The minimum Gasteiger partial charge on any atom is -0.496 e. The van der Waals surface area contributed by atoms with Crippen LogP contribution in [-0.2, 0) is 9.47 Å². The van der Waals surface area contributed by atoms with Gasteiger partial charge in [-0.15, -0.1) is 0 Å². The van der Waals surface area contributed by atoms with Crippen LogP contribution >= 0.6 is 0 Å². The van der Waals surface area contributed by atoms with Crippen molar-refractivity contribution < 1.29 is 19.1 Å². The van der Waals surface area contributed by atoms with E-state index in [1.165, 1.54) is 13.2 Å². The molecule has 0 aliphatic heterocycles. The number of nitro groups is 1. The zero-order valence-electron chi connectivity index (χ0n) is 12.4. The summed E-state index contributed by atoms with van der Waals surface area (Å²) in [6.45, 7) is 2.56. The summed E-state index contributed by atoms with van der Waals surface area (Å²) in [5, 5.41) is 14.3. The zero-order chi connectivity index (χ0) is 15.4. The number of hydrogen-bond donors (Lipinski definition) is 1. The molecule has 0 saturated heterocycles. The van der Waals surface area contributed by atoms with Gasteiger partial charge in [0.25, 0.3) is 5.69 Å². The third-order valence-corrected chi connectivity index (χ3v) is 3.64. The maximum atomic E-state index is 11.1. The molecule has 116 valence electrons. The van der Waals surface area contributed by atoms with E-state index in [9.17, 15) is 10.1 Å². The number of ether oxygens (including phenoxy) is 3. The van der Waals surface area contributed by atoms with Gasteiger partial charge in [0.15, 0.2) is 0 Å². The summed E-state index contributed by atoms with van der Waals surface area (Å²) in [7, 11) is 3.10. The Morgan fingerprint density at radius 2 is 2.19 bits per heavy atom. The number of hydrogen-bond acceptors (Lipinski definition) is 6. The van der Waals surface area contributed by atoms with Crippen molar-refractivity contribution in [2.24, 2.45) is 0 Å². The van der Waals surface area contributed by atoms with Gasteiger partial charge in [0, 0.05) is 13.7 Å². The molecule has 7 nitrogen and oxygen atoms in total. The third-order valence-electron chi connectivity index (χ3n) is 3.64. The van der Waals surface area contributed by atoms with Crippen molar-refractivity contribution in [1.82, 2.24) is 0 Å². The molecule has 21 heavy (non-hydrogen) atoms. The molecule has 1 aromatic carbocycles. The zero-order valence-corrected chi connectivity index (χ0v) is 12.4. The van der Waals surface area contributed by atoms with E-state index < -0.39 is 4.92 Å². The molecule has 1 aromatic rings. The highest BCUT2D eigenvalue weighted by molar-refractivity contribution is 5.64. The minimum absolute atomic E-state index is 0.00125. The first-order chi connectivity index (χ1) is 10.1. The lowest BCUT2D eigenvalue weighted by Crippen LogP contribution is -2.56. The Kier molecular flexibility index (Phi) is 4.98. The second-order valence-electron chi connectivity index (χ2n) is 4.82. The third kappa shape index (κ3) is 3.25. The van der Waals surface area contributed by atoms with E-state index in [-0.39, 0.29) is 23.9 Å². The fraction of sp³-hybridized carbons (Fsp3) is 0.571. The van der Waals surface area contributed by atoms with Gasteiger partial charge in [-0.05, 0) is 25.5 Å². The molecule has 7 heteroatoms. The summed E-state index contributed by atoms with van der Waals surface area (Å²) < 4.78 is 16.0. The van der Waals surface area contributed by atoms with E-state index in [1.807, 2.05) is 6.92 Å². The van der Waals surface area contributed by atoms with Crippen molar-refractivity contribution in [3.63, 3.8) is 0 Å². The topological polar surface area (TPSA) is 82.9 Å². The van der Waals surface area contributed by atoms with Gasteiger partial charge in [-0.3, -0.25) is 10.1 Å². The summed E-state index contributed by atoms with van der Waals surface area (Å²) in [4.78, 5) is 10.7. The summed E-state index contributed by atoms with van der Waals surface area (Å²) >= 11 is 0. The fourth-order valence-electron chi connectivity index (χ4n) is 2.53. The molecule has 2 rings (SSSR count). The van der Waals surface area contributed by atoms with Gasteiger partial charge in [-0.2, -0.15) is 0 Å². The van der Waals surface area contributed by atoms with Crippen molar-refractivity contribution in [1.29, 1.82) is 0 Å². The lowest BCUT2D eigenvalue weighted by atomic mass is 9.85. The van der Waals surface area contributed by atoms with Crippen molar-refractivity contribution >= 4 is 11.4 Å². The van der Waals surface area contributed by atoms with Crippen LogP contribution in [0.25, 0.3) is 0 Å². The molecule has 1 fully saturated rings. The molecule has 0 bridgehead atoms. The van der Waals surface area contributed by atoms with Crippen LogP contribution in [0.4, 0.5) is 11.4 Å². The van der Waals surface area contributed by atoms with Gasteiger partial charge < -0.3 is 19.5 Å². The van der Waals surface area contributed by atoms with Gasteiger partial charge in [-0.25, -0.2) is 0 Å². The summed E-state index contributed by atoms with van der Waals surface area (Å²) in [5.74, 6) is 0.455. The monoisotopic (exact) mass is 296 g/mol. The van der Waals surface area contributed by atoms with Gasteiger partial charge in [-0.1, -0.05) is 0 Å². The smallest absolute Gasteiger partial charge is 0.296 e. The number of rotatable bonds is 7. The second-order valence-corrected chi connectivity index (χ2v) is 4.82. The molecular weight excluding hydrogens is 276 g/mol. The van der Waals surface area contributed by atoms with Crippen LogP contribution in [0.2, 0.25) is 0 Å². The van der Waals surface area contributed by atoms with E-state index in [4.69, 9.17) is 14.2 Å². The molecule has 1 aliphatic rings. The molecule has 0 spiro atoms. The van der Waals surface area contributed by atoms with Gasteiger partial charge in [0.1, 0.15) is 17.5 Å². The predicted octanol–water partition coefficient (Wildman–Crippen LogP) is 2.21. The number of nitro benzene ring substituents is 1. The normalized spacial score (nSPS) is 24.2. The van der Waals surface area contributed by atoms with Crippen molar-refractivity contribution in [2.75, 3.05) is 26.1 Å². The van der Waals surface area contributed by atoms with Crippen LogP contribution < -0.4 is 10.1 Å². The average molecular weight is 296 g/mol. The highest BCUT2D eigenvalue weighted by Crippen LogP contribution is 2.34. The molecule has 3 atom stereocenters. The quantitative estimate of drug-likeness (QED) is 0.613.